The van der Waals surface area contributed by atoms with Crippen molar-refractivity contribution >= 4 is 27.5 Å². The summed E-state index contributed by atoms with van der Waals surface area (Å²) in [6.07, 6.45) is -4.55. The van der Waals surface area contributed by atoms with Gasteiger partial charge >= 0.3 is 6.18 Å². The third-order valence-corrected chi connectivity index (χ3v) is 4.28. The second kappa shape index (κ2) is 8.01. The van der Waals surface area contributed by atoms with Crippen LogP contribution in [0.25, 0.3) is 0 Å². The van der Waals surface area contributed by atoms with Crippen LogP contribution < -0.4 is 10.1 Å². The summed E-state index contributed by atoms with van der Waals surface area (Å²) in [5.41, 5.74) is -0.731. The third kappa shape index (κ3) is 4.69. The molecule has 0 aliphatic heterocycles. The number of ether oxygens (including phenoxy) is 1. The lowest BCUT2D eigenvalue weighted by molar-refractivity contribution is -0.138. The number of aryl methyl sites for hydroxylation is 1. The van der Waals surface area contributed by atoms with E-state index in [1.54, 1.807) is 25.1 Å². The molecule has 0 atom stereocenters. The van der Waals surface area contributed by atoms with Crippen LogP contribution in [0.3, 0.4) is 0 Å². The number of nitrogens with zero attached hydrogens (tertiary/aromatic N) is 2. The van der Waals surface area contributed by atoms with Crippen LogP contribution in [0, 0.1) is 6.92 Å². The van der Waals surface area contributed by atoms with Crippen LogP contribution in [0.4, 0.5) is 18.9 Å². The molecule has 3 aromatic rings. The number of hydrogen-bond acceptors (Lipinski definition) is 5. The zero-order valence-corrected chi connectivity index (χ0v) is 16.0. The molecule has 2 aromatic carbocycles. The van der Waals surface area contributed by atoms with Crippen LogP contribution in [0.2, 0.25) is 0 Å². The Morgan fingerprint density at radius 1 is 1.25 bits per heavy atom. The van der Waals surface area contributed by atoms with Crippen molar-refractivity contribution in [3.8, 4) is 5.75 Å². The van der Waals surface area contributed by atoms with Gasteiger partial charge in [0.25, 0.3) is 5.91 Å². The van der Waals surface area contributed by atoms with Gasteiger partial charge in [0.05, 0.1) is 11.1 Å². The minimum Gasteiger partial charge on any atom is -0.485 e. The molecule has 0 saturated heterocycles. The first-order chi connectivity index (χ1) is 13.2. The van der Waals surface area contributed by atoms with E-state index in [1.165, 1.54) is 18.2 Å². The van der Waals surface area contributed by atoms with Crippen LogP contribution in [0.5, 0.6) is 5.75 Å². The summed E-state index contributed by atoms with van der Waals surface area (Å²) in [7, 11) is 0. The van der Waals surface area contributed by atoms with Crippen molar-refractivity contribution in [3.05, 3.63) is 69.8 Å². The van der Waals surface area contributed by atoms with E-state index in [1.807, 2.05) is 0 Å². The molecule has 146 valence electrons. The number of amides is 1. The average molecular weight is 456 g/mol. The van der Waals surface area contributed by atoms with Gasteiger partial charge in [-0.1, -0.05) is 33.2 Å². The zero-order valence-electron chi connectivity index (χ0n) is 14.4. The smallest absolute Gasteiger partial charge is 0.417 e. The number of carbonyl (C=O) groups is 1. The molecule has 10 heteroatoms. The first-order valence-corrected chi connectivity index (χ1v) is 8.72. The highest BCUT2D eigenvalue weighted by molar-refractivity contribution is 9.10. The predicted octanol–water partition coefficient (Wildman–Crippen LogP) is 4.99. The summed E-state index contributed by atoms with van der Waals surface area (Å²) in [5.74, 6) is 0.293. The van der Waals surface area contributed by atoms with Gasteiger partial charge in [-0.3, -0.25) is 4.79 Å². The maximum Gasteiger partial charge on any atom is 0.417 e. The molecule has 0 aliphatic rings. The van der Waals surface area contributed by atoms with E-state index in [0.29, 0.717) is 11.7 Å². The van der Waals surface area contributed by atoms with E-state index in [9.17, 15) is 18.0 Å². The summed E-state index contributed by atoms with van der Waals surface area (Å²) < 4.78 is 49.4. The summed E-state index contributed by atoms with van der Waals surface area (Å²) in [5, 5.41) is 6.14. The number of nitrogens with one attached hydrogen (secondary N) is 1. The first-order valence-electron chi connectivity index (χ1n) is 7.93. The molecule has 1 heterocycles. The van der Waals surface area contributed by atoms with Gasteiger partial charge in [0.2, 0.25) is 11.7 Å². The average Bonchev–Trinajstić information content (AvgIpc) is 3.06. The highest BCUT2D eigenvalue weighted by Gasteiger charge is 2.33. The summed E-state index contributed by atoms with van der Waals surface area (Å²) in [6.45, 7) is 1.60. The fourth-order valence-corrected chi connectivity index (χ4v) is 2.81. The quantitative estimate of drug-likeness (QED) is 0.586. The van der Waals surface area contributed by atoms with Gasteiger partial charge in [0, 0.05) is 17.1 Å². The maximum absolute atomic E-state index is 13.0. The summed E-state index contributed by atoms with van der Waals surface area (Å²) in [6, 6.07) is 9.77. The van der Waals surface area contributed by atoms with Gasteiger partial charge < -0.3 is 14.6 Å². The number of carbonyl (C=O) groups excluding carboxylic acids is 1. The number of alkyl halides is 3. The topological polar surface area (TPSA) is 77.2 Å². The number of rotatable bonds is 5. The second-order valence-electron chi connectivity index (χ2n) is 5.66. The molecule has 0 fully saturated rings. The van der Waals surface area contributed by atoms with Gasteiger partial charge in [0.15, 0.2) is 6.61 Å². The van der Waals surface area contributed by atoms with Crippen molar-refractivity contribution in [2.45, 2.75) is 19.7 Å². The predicted molar refractivity (Wildman–Crippen MR) is 96.9 cm³/mol. The molecule has 0 unspecified atom stereocenters. The molecule has 0 aliphatic carbocycles. The lowest BCUT2D eigenvalue weighted by Crippen LogP contribution is -2.15. The Morgan fingerprint density at radius 2 is 2.00 bits per heavy atom. The lowest BCUT2D eigenvalue weighted by Gasteiger charge is -2.13. The molecule has 1 aromatic heterocycles. The summed E-state index contributed by atoms with van der Waals surface area (Å²) in [4.78, 5) is 16.6. The monoisotopic (exact) mass is 455 g/mol. The fraction of sp³-hybridized carbons (Fsp3) is 0.167. The van der Waals surface area contributed by atoms with E-state index < -0.39 is 17.6 Å². The van der Waals surface area contributed by atoms with Crippen molar-refractivity contribution in [2.24, 2.45) is 0 Å². The Bertz CT molecular complexity index is 1000. The molecule has 3 rings (SSSR count). The van der Waals surface area contributed by atoms with Gasteiger partial charge in [0.1, 0.15) is 5.75 Å². The standard InChI is InChI=1S/C18H13BrF3N3O3/c1-10-23-16(25-28-10)9-27-15-5-3-2-4-12(15)17(26)24-11-6-7-14(19)13(8-11)18(20,21)22/h2-8H,9H2,1H3,(H,24,26). The van der Waals surface area contributed by atoms with E-state index >= 15 is 0 Å². The maximum atomic E-state index is 13.0. The molecular formula is C18H13BrF3N3O3. The van der Waals surface area contributed by atoms with Crippen LogP contribution in [0.1, 0.15) is 27.6 Å². The number of para-hydroxylation sites is 1. The lowest BCUT2D eigenvalue weighted by atomic mass is 10.1. The summed E-state index contributed by atoms with van der Waals surface area (Å²) >= 11 is 2.86. The zero-order chi connectivity index (χ0) is 20.3. The van der Waals surface area contributed by atoms with Crippen LogP contribution in [0.15, 0.2) is 51.5 Å². The highest BCUT2D eigenvalue weighted by Crippen LogP contribution is 2.36. The third-order valence-electron chi connectivity index (χ3n) is 3.59. The van der Waals surface area contributed by atoms with Crippen molar-refractivity contribution < 1.29 is 27.2 Å². The van der Waals surface area contributed by atoms with Gasteiger partial charge in [-0.15, -0.1) is 0 Å². The Morgan fingerprint density at radius 3 is 2.68 bits per heavy atom. The van der Waals surface area contributed by atoms with Gasteiger partial charge in [-0.05, 0) is 30.3 Å². The number of hydrogen-bond donors (Lipinski definition) is 1. The Balaban J connectivity index is 1.78. The molecule has 28 heavy (non-hydrogen) atoms. The molecular weight excluding hydrogens is 443 g/mol. The van der Waals surface area contributed by atoms with E-state index in [4.69, 9.17) is 9.26 Å². The largest absolute Gasteiger partial charge is 0.485 e. The molecule has 1 N–H and O–H groups in total. The Labute approximate surface area is 165 Å². The van der Waals surface area contributed by atoms with Crippen LogP contribution in [-0.2, 0) is 12.8 Å². The molecule has 0 radical (unpaired) electrons. The second-order valence-corrected chi connectivity index (χ2v) is 6.52. The normalized spacial score (nSPS) is 11.3. The van der Waals surface area contributed by atoms with Crippen LogP contribution >= 0.6 is 15.9 Å². The fourth-order valence-electron chi connectivity index (χ4n) is 2.34. The molecule has 6 nitrogen and oxygen atoms in total. The molecule has 1 amide bonds. The molecule has 0 spiro atoms. The van der Waals surface area contributed by atoms with Crippen molar-refractivity contribution in [3.63, 3.8) is 0 Å². The Kier molecular flexibility index (Phi) is 5.68. The van der Waals surface area contributed by atoms with Crippen molar-refractivity contribution in [2.75, 3.05) is 5.32 Å². The van der Waals surface area contributed by atoms with E-state index in [0.717, 1.165) is 6.07 Å². The minimum atomic E-state index is -4.55. The van der Waals surface area contributed by atoms with E-state index in [2.05, 4.69) is 31.4 Å². The van der Waals surface area contributed by atoms with Crippen molar-refractivity contribution in [1.29, 1.82) is 0 Å². The number of halogens is 4. The highest BCUT2D eigenvalue weighted by atomic mass is 79.9. The van der Waals surface area contributed by atoms with Crippen LogP contribution in [-0.4, -0.2) is 16.0 Å². The molecule has 0 bridgehead atoms. The SMILES string of the molecule is Cc1nc(COc2ccccc2C(=O)Nc2ccc(Br)c(C(F)(F)F)c2)no1. The molecule has 0 saturated carbocycles. The number of aromatic nitrogens is 2. The van der Waals surface area contributed by atoms with Gasteiger partial charge in [-0.25, -0.2) is 0 Å². The van der Waals surface area contributed by atoms with E-state index in [-0.39, 0.29) is 28.1 Å². The first kappa shape index (κ1) is 19.9. The number of anilines is 1. The van der Waals surface area contributed by atoms with Crippen molar-refractivity contribution in [1.82, 2.24) is 10.1 Å². The van der Waals surface area contributed by atoms with Gasteiger partial charge in [-0.2, -0.15) is 18.2 Å². The minimum absolute atomic E-state index is 0.00382. The number of benzene rings is 2. The Hall–Kier alpha value is -2.88.